The fourth-order valence-electron chi connectivity index (χ4n) is 4.99. The third-order valence-corrected chi connectivity index (χ3v) is 7.85. The van der Waals surface area contributed by atoms with Gasteiger partial charge in [-0.15, -0.1) is 10.2 Å². The number of aromatic amines is 1. The van der Waals surface area contributed by atoms with Gasteiger partial charge in [0.15, 0.2) is 5.82 Å². The number of alkyl carbamates (subject to hydrolysis) is 1. The fraction of sp³-hybridized carbons (Fsp3) is 0.452. The van der Waals surface area contributed by atoms with Crippen molar-refractivity contribution in [3.8, 4) is 11.4 Å². The number of nitrogens with zero attached hydrogens (tertiary/aromatic N) is 2. The molecule has 4 rings (SSSR count). The number of carbonyl (C=O) groups is 3. The molecule has 4 N–H and O–H groups in total. The number of H-pyrrole nitrogens is 1. The van der Waals surface area contributed by atoms with Crippen molar-refractivity contribution in [2.75, 3.05) is 11.9 Å². The van der Waals surface area contributed by atoms with Crippen LogP contribution in [0, 0.1) is 11.8 Å². The molecule has 1 aromatic heterocycles. The molecule has 45 heavy (non-hydrogen) atoms. The molecule has 14 heteroatoms. The number of aromatic nitrogens is 3. The molecule has 0 aliphatic heterocycles. The summed E-state index contributed by atoms with van der Waals surface area (Å²) in [5, 5.41) is 15.2. The molecule has 1 saturated carbocycles. The normalized spacial score (nSPS) is 17.7. The molecule has 242 valence electrons. The monoisotopic (exact) mass is 692 g/mol. The van der Waals surface area contributed by atoms with Crippen molar-refractivity contribution in [3.05, 3.63) is 64.4 Å². The maximum atomic E-state index is 13.4. The fourth-order valence-corrected chi connectivity index (χ4v) is 5.25. The van der Waals surface area contributed by atoms with Gasteiger partial charge in [-0.25, -0.2) is 4.79 Å². The number of carbonyl (C=O) groups excluding carboxylic acids is 3. The Morgan fingerprint density at radius 2 is 1.62 bits per heavy atom. The summed E-state index contributed by atoms with van der Waals surface area (Å²) < 4.78 is 44.8. The Bertz CT molecular complexity index is 1460. The van der Waals surface area contributed by atoms with Crippen LogP contribution in [0.3, 0.4) is 0 Å². The van der Waals surface area contributed by atoms with Gasteiger partial charge in [0.1, 0.15) is 11.6 Å². The van der Waals surface area contributed by atoms with E-state index in [1.165, 1.54) is 24.3 Å². The Hall–Kier alpha value is -3.94. The summed E-state index contributed by atoms with van der Waals surface area (Å²) in [6.07, 6.45) is -2.12. The van der Waals surface area contributed by atoms with Gasteiger partial charge in [-0.1, -0.05) is 28.1 Å². The van der Waals surface area contributed by atoms with Gasteiger partial charge >= 0.3 is 12.3 Å². The zero-order valence-corrected chi connectivity index (χ0v) is 26.7. The zero-order valence-electron chi connectivity index (χ0n) is 25.1. The summed E-state index contributed by atoms with van der Waals surface area (Å²) in [7, 11) is 0. The third kappa shape index (κ3) is 10.3. The molecular weight excluding hydrogens is 657 g/mol. The van der Waals surface area contributed by atoms with E-state index in [1.54, 1.807) is 20.8 Å². The first-order chi connectivity index (χ1) is 21.2. The number of nitrogens with one attached hydrogen (secondary N) is 4. The molecule has 2 aromatic carbocycles. The first kappa shape index (κ1) is 33.9. The van der Waals surface area contributed by atoms with Crippen LogP contribution in [-0.4, -0.2) is 51.3 Å². The first-order valence-corrected chi connectivity index (χ1v) is 15.4. The van der Waals surface area contributed by atoms with E-state index in [9.17, 15) is 27.6 Å². The Balaban J connectivity index is 1.36. The topological polar surface area (TPSA) is 138 Å². The van der Waals surface area contributed by atoms with Crippen LogP contribution in [0.1, 0.15) is 57.8 Å². The molecular formula is C31H36BrF3N6O4. The van der Waals surface area contributed by atoms with Gasteiger partial charge in [-0.05, 0) is 94.3 Å². The highest BCUT2D eigenvalue weighted by Crippen LogP contribution is 2.30. The summed E-state index contributed by atoms with van der Waals surface area (Å²) in [5.74, 6) is -1.96. The molecule has 1 heterocycles. The smallest absolute Gasteiger partial charge is 0.444 e. The van der Waals surface area contributed by atoms with Crippen LogP contribution in [-0.2, 0) is 26.9 Å². The third-order valence-electron chi connectivity index (χ3n) is 7.32. The van der Waals surface area contributed by atoms with Gasteiger partial charge in [-0.3, -0.25) is 9.59 Å². The van der Waals surface area contributed by atoms with Crippen molar-refractivity contribution in [1.82, 2.24) is 25.8 Å². The van der Waals surface area contributed by atoms with Crippen molar-refractivity contribution >= 4 is 39.5 Å². The lowest BCUT2D eigenvalue weighted by Crippen LogP contribution is -2.48. The number of hydrogen-bond acceptors (Lipinski definition) is 6. The van der Waals surface area contributed by atoms with Gasteiger partial charge in [0.05, 0.1) is 0 Å². The lowest BCUT2D eigenvalue weighted by atomic mass is 9.81. The molecule has 10 nitrogen and oxygen atoms in total. The van der Waals surface area contributed by atoms with Crippen LogP contribution < -0.4 is 16.0 Å². The van der Waals surface area contributed by atoms with Crippen LogP contribution in [0.15, 0.2) is 53.0 Å². The molecule has 1 aliphatic rings. The van der Waals surface area contributed by atoms with Gasteiger partial charge in [-0.2, -0.15) is 13.2 Å². The van der Waals surface area contributed by atoms with E-state index in [0.717, 1.165) is 22.9 Å². The maximum Gasteiger partial charge on any atom is 0.451 e. The predicted octanol–water partition coefficient (Wildman–Crippen LogP) is 6.25. The molecule has 3 amide bonds. The highest BCUT2D eigenvalue weighted by Gasteiger charge is 2.35. The summed E-state index contributed by atoms with van der Waals surface area (Å²) >= 11 is 3.40. The van der Waals surface area contributed by atoms with Crippen molar-refractivity contribution < 1.29 is 32.3 Å². The molecule has 1 unspecified atom stereocenters. The first-order valence-electron chi connectivity index (χ1n) is 14.6. The van der Waals surface area contributed by atoms with Gasteiger partial charge in [0.25, 0.3) is 0 Å². The van der Waals surface area contributed by atoms with Gasteiger partial charge in [0.2, 0.25) is 17.6 Å². The standard InChI is InChI=1S/C31H36BrF3N6O4/c1-30(2,3)45-29(44)36-17-19-4-8-21(9-5-19)26(42)38-24(16-18-6-12-22(32)13-7-18)27(43)37-23-14-10-20(11-15-23)25-39-28(41-40-25)31(33,34)35/h6-7,10-15,19,21,24H,4-5,8-9,16-17H2,1-3H3,(H,36,44)(H,37,43)(H,38,42)(H,39,40,41). The average molecular weight is 694 g/mol. The van der Waals surface area contributed by atoms with Gasteiger partial charge < -0.3 is 25.7 Å². The minimum absolute atomic E-state index is 0.0593. The lowest BCUT2D eigenvalue weighted by Gasteiger charge is -2.29. The molecule has 1 aliphatic carbocycles. The Morgan fingerprint density at radius 3 is 2.20 bits per heavy atom. The van der Waals surface area contributed by atoms with Crippen molar-refractivity contribution in [1.29, 1.82) is 0 Å². The van der Waals surface area contributed by atoms with Crippen molar-refractivity contribution in [2.45, 2.75) is 70.7 Å². The Kier molecular flexibility index (Phi) is 10.9. The van der Waals surface area contributed by atoms with Crippen LogP contribution >= 0.6 is 15.9 Å². The van der Waals surface area contributed by atoms with E-state index in [4.69, 9.17) is 4.74 Å². The molecule has 0 spiro atoms. The SMILES string of the molecule is CC(C)(C)OC(=O)NCC1CCC(C(=O)NC(Cc2ccc(Br)cc2)C(=O)Nc2ccc(-c3nnc(C(F)(F)F)[nH]3)cc2)CC1. The molecule has 1 fully saturated rings. The minimum atomic E-state index is -4.65. The highest BCUT2D eigenvalue weighted by molar-refractivity contribution is 9.10. The predicted molar refractivity (Wildman–Crippen MR) is 165 cm³/mol. The van der Waals surface area contributed by atoms with E-state index in [1.807, 2.05) is 24.3 Å². The molecule has 0 bridgehead atoms. The van der Waals surface area contributed by atoms with Crippen LogP contribution in [0.5, 0.6) is 0 Å². The van der Waals surface area contributed by atoms with Crippen molar-refractivity contribution in [3.63, 3.8) is 0 Å². The molecule has 1 atom stereocenters. The number of hydrogen-bond donors (Lipinski definition) is 4. The summed E-state index contributed by atoms with van der Waals surface area (Å²) in [6.45, 7) is 5.87. The second kappa shape index (κ2) is 14.4. The highest BCUT2D eigenvalue weighted by atomic mass is 79.9. The lowest BCUT2D eigenvalue weighted by molar-refractivity contribution is -0.144. The summed E-state index contributed by atoms with van der Waals surface area (Å²) in [5.41, 5.74) is 1.01. The number of amides is 3. The number of halogens is 4. The van der Waals surface area contributed by atoms with Gasteiger partial charge in [0, 0.05) is 34.6 Å². The van der Waals surface area contributed by atoms with Crippen LogP contribution in [0.4, 0.5) is 23.7 Å². The number of anilines is 1. The van der Waals surface area contributed by atoms with E-state index >= 15 is 0 Å². The van der Waals surface area contributed by atoms with E-state index in [-0.39, 0.29) is 30.0 Å². The van der Waals surface area contributed by atoms with E-state index in [0.29, 0.717) is 30.6 Å². The molecule has 0 saturated heterocycles. The number of benzene rings is 2. The minimum Gasteiger partial charge on any atom is -0.444 e. The molecule has 3 aromatic rings. The van der Waals surface area contributed by atoms with E-state index < -0.39 is 35.6 Å². The second-order valence-corrected chi connectivity index (χ2v) is 13.0. The summed E-state index contributed by atoms with van der Waals surface area (Å²) in [6, 6.07) is 12.6. The molecule has 0 radical (unpaired) electrons. The number of ether oxygens (including phenoxy) is 1. The van der Waals surface area contributed by atoms with E-state index in [2.05, 4.69) is 47.1 Å². The number of alkyl halides is 3. The largest absolute Gasteiger partial charge is 0.451 e. The summed E-state index contributed by atoms with van der Waals surface area (Å²) in [4.78, 5) is 40.9. The maximum absolute atomic E-state index is 13.4. The quantitative estimate of drug-likeness (QED) is 0.209. The van der Waals surface area contributed by atoms with Crippen LogP contribution in [0.25, 0.3) is 11.4 Å². The Labute approximate surface area is 267 Å². The van der Waals surface area contributed by atoms with Crippen LogP contribution in [0.2, 0.25) is 0 Å². The zero-order chi connectivity index (χ0) is 32.8. The average Bonchev–Trinajstić information content (AvgIpc) is 3.48. The Morgan fingerprint density at radius 1 is 0.978 bits per heavy atom. The second-order valence-electron chi connectivity index (χ2n) is 12.1. The number of rotatable bonds is 9. The van der Waals surface area contributed by atoms with Crippen molar-refractivity contribution in [2.24, 2.45) is 11.8 Å².